The lowest BCUT2D eigenvalue weighted by molar-refractivity contribution is 0.415. The van der Waals surface area contributed by atoms with Crippen molar-refractivity contribution in [3.05, 3.63) is 84.9 Å². The van der Waals surface area contributed by atoms with E-state index in [9.17, 15) is 0 Å². The van der Waals surface area contributed by atoms with E-state index < -0.39 is 0 Å². The van der Waals surface area contributed by atoms with Crippen molar-refractivity contribution in [2.24, 2.45) is 0 Å². The Morgan fingerprint density at radius 2 is 1.77 bits per heavy atom. The zero-order valence-electron chi connectivity index (χ0n) is 14.8. The summed E-state index contributed by atoms with van der Waals surface area (Å²) in [6.45, 7) is 2.15. The van der Waals surface area contributed by atoms with E-state index in [0.717, 1.165) is 28.4 Å². The van der Waals surface area contributed by atoms with E-state index in [4.69, 9.17) is 4.74 Å². The predicted molar refractivity (Wildman–Crippen MR) is 102 cm³/mol. The second-order valence-electron chi connectivity index (χ2n) is 6.09. The van der Waals surface area contributed by atoms with Crippen LogP contribution in [0.3, 0.4) is 0 Å². The third-order valence-electron chi connectivity index (χ3n) is 4.54. The molecule has 0 spiro atoms. The van der Waals surface area contributed by atoms with E-state index >= 15 is 0 Å². The molecule has 0 aliphatic carbocycles. The van der Waals surface area contributed by atoms with Crippen molar-refractivity contribution in [3.63, 3.8) is 0 Å². The Bertz CT molecular complexity index is 1000. The topological polar surface area (TPSA) is 44.9 Å². The van der Waals surface area contributed by atoms with E-state index in [1.807, 2.05) is 77.9 Å². The van der Waals surface area contributed by atoms with Gasteiger partial charge in [0.15, 0.2) is 0 Å². The van der Waals surface area contributed by atoms with Crippen molar-refractivity contribution in [3.8, 4) is 22.8 Å². The van der Waals surface area contributed by atoms with E-state index in [1.165, 1.54) is 0 Å². The maximum absolute atomic E-state index is 5.50. The van der Waals surface area contributed by atoms with Crippen LogP contribution in [0, 0.1) is 0 Å². The van der Waals surface area contributed by atoms with Gasteiger partial charge in [-0.05, 0) is 31.2 Å². The van der Waals surface area contributed by atoms with Gasteiger partial charge in [-0.15, -0.1) is 0 Å². The summed E-state index contributed by atoms with van der Waals surface area (Å²) in [6.07, 6.45) is 7.78. The zero-order valence-corrected chi connectivity index (χ0v) is 14.8. The summed E-state index contributed by atoms with van der Waals surface area (Å²) in [5.74, 6) is 1.69. The van der Waals surface area contributed by atoms with Gasteiger partial charge in [0.25, 0.3) is 0 Å². The summed E-state index contributed by atoms with van der Waals surface area (Å²) in [5.41, 5.74) is 3.13. The average Bonchev–Trinajstić information content (AvgIpc) is 3.38. The van der Waals surface area contributed by atoms with Gasteiger partial charge in [-0.2, -0.15) is 5.10 Å². The van der Waals surface area contributed by atoms with Gasteiger partial charge >= 0.3 is 0 Å². The molecule has 0 bridgehead atoms. The molecule has 2 aromatic carbocycles. The highest BCUT2D eigenvalue weighted by Crippen LogP contribution is 2.31. The molecule has 0 aliphatic heterocycles. The Morgan fingerprint density at radius 3 is 2.58 bits per heavy atom. The predicted octanol–water partition coefficient (Wildman–Crippen LogP) is 4.35. The minimum absolute atomic E-state index is 0.0925. The molecule has 2 aromatic heterocycles. The van der Waals surface area contributed by atoms with E-state index in [-0.39, 0.29) is 6.04 Å². The highest BCUT2D eigenvalue weighted by molar-refractivity contribution is 5.64. The Kier molecular flexibility index (Phi) is 4.27. The first-order chi connectivity index (χ1) is 12.8. The standard InChI is InChI=1S/C21H20N4O/c1-16(17-14-23-25(15-17)18-8-4-3-5-9-18)24-13-12-22-21(24)19-10-6-7-11-20(19)26-2/h3-16H,1-2H3. The highest BCUT2D eigenvalue weighted by Gasteiger charge is 2.17. The highest BCUT2D eigenvalue weighted by atomic mass is 16.5. The summed E-state index contributed by atoms with van der Waals surface area (Å²) >= 11 is 0. The molecular weight excluding hydrogens is 324 g/mol. The summed E-state index contributed by atoms with van der Waals surface area (Å²) < 4.78 is 9.54. The van der Waals surface area contributed by atoms with Crippen LogP contribution in [-0.2, 0) is 0 Å². The van der Waals surface area contributed by atoms with E-state index in [1.54, 1.807) is 7.11 Å². The van der Waals surface area contributed by atoms with Gasteiger partial charge in [0.2, 0.25) is 0 Å². The smallest absolute Gasteiger partial charge is 0.144 e. The monoisotopic (exact) mass is 344 g/mol. The molecule has 4 rings (SSSR count). The molecule has 0 aliphatic rings. The molecule has 0 N–H and O–H groups in total. The van der Waals surface area contributed by atoms with Crippen LogP contribution >= 0.6 is 0 Å². The minimum atomic E-state index is 0.0925. The van der Waals surface area contributed by atoms with Crippen LogP contribution in [0.5, 0.6) is 5.75 Å². The van der Waals surface area contributed by atoms with E-state index in [0.29, 0.717) is 0 Å². The lowest BCUT2D eigenvalue weighted by Crippen LogP contribution is -2.07. The lowest BCUT2D eigenvalue weighted by Gasteiger charge is -2.16. The molecular formula is C21H20N4O. The molecule has 26 heavy (non-hydrogen) atoms. The molecule has 0 amide bonds. The van der Waals surface area contributed by atoms with Crippen molar-refractivity contribution in [1.29, 1.82) is 0 Å². The molecule has 2 heterocycles. The maximum Gasteiger partial charge on any atom is 0.144 e. The molecule has 4 aromatic rings. The number of methoxy groups -OCH3 is 1. The van der Waals surface area contributed by atoms with Gasteiger partial charge in [0.1, 0.15) is 11.6 Å². The fraction of sp³-hybridized carbons (Fsp3) is 0.143. The number of ether oxygens (including phenoxy) is 1. The van der Waals surface area contributed by atoms with Crippen molar-refractivity contribution in [1.82, 2.24) is 19.3 Å². The van der Waals surface area contributed by atoms with Gasteiger partial charge in [-0.25, -0.2) is 9.67 Å². The second kappa shape index (κ2) is 6.88. The van der Waals surface area contributed by atoms with Gasteiger partial charge in [-0.3, -0.25) is 0 Å². The van der Waals surface area contributed by atoms with Crippen LogP contribution in [0.1, 0.15) is 18.5 Å². The first-order valence-corrected chi connectivity index (χ1v) is 8.54. The molecule has 0 saturated carbocycles. The van der Waals surface area contributed by atoms with Gasteiger partial charge in [-0.1, -0.05) is 30.3 Å². The average molecular weight is 344 g/mol. The molecule has 1 atom stereocenters. The second-order valence-corrected chi connectivity index (χ2v) is 6.09. The Morgan fingerprint density at radius 1 is 1.00 bits per heavy atom. The largest absolute Gasteiger partial charge is 0.496 e. The summed E-state index contributed by atoms with van der Waals surface area (Å²) in [7, 11) is 1.68. The normalized spacial score (nSPS) is 12.1. The van der Waals surface area contributed by atoms with Crippen LogP contribution in [-0.4, -0.2) is 26.4 Å². The lowest BCUT2D eigenvalue weighted by atomic mass is 10.1. The Balaban J connectivity index is 1.70. The summed E-state index contributed by atoms with van der Waals surface area (Å²) in [4.78, 5) is 4.56. The van der Waals surface area contributed by atoms with Crippen molar-refractivity contribution < 1.29 is 4.74 Å². The molecule has 0 saturated heterocycles. The Hall–Kier alpha value is -3.34. The van der Waals surface area contributed by atoms with Crippen LogP contribution in [0.25, 0.3) is 17.1 Å². The third-order valence-corrected chi connectivity index (χ3v) is 4.54. The molecule has 1 unspecified atom stereocenters. The summed E-state index contributed by atoms with van der Waals surface area (Å²) in [6, 6.07) is 18.1. The SMILES string of the molecule is COc1ccccc1-c1nccn1C(C)c1cnn(-c2ccccc2)c1. The Labute approximate surface area is 152 Å². The number of benzene rings is 2. The van der Waals surface area contributed by atoms with Crippen LogP contribution in [0.2, 0.25) is 0 Å². The number of rotatable bonds is 5. The number of hydrogen-bond donors (Lipinski definition) is 0. The number of hydrogen-bond acceptors (Lipinski definition) is 3. The molecule has 0 radical (unpaired) electrons. The maximum atomic E-state index is 5.50. The summed E-state index contributed by atoms with van der Waals surface area (Å²) in [5, 5.41) is 4.51. The molecule has 0 fully saturated rings. The van der Waals surface area contributed by atoms with Crippen molar-refractivity contribution >= 4 is 0 Å². The number of nitrogens with zero attached hydrogens (tertiary/aromatic N) is 4. The first-order valence-electron chi connectivity index (χ1n) is 8.54. The number of para-hydroxylation sites is 2. The minimum Gasteiger partial charge on any atom is -0.496 e. The number of aromatic nitrogens is 4. The number of imidazole rings is 1. The van der Waals surface area contributed by atoms with Crippen LogP contribution in [0.4, 0.5) is 0 Å². The molecule has 5 nitrogen and oxygen atoms in total. The molecule has 130 valence electrons. The zero-order chi connectivity index (χ0) is 17.9. The van der Waals surface area contributed by atoms with Gasteiger partial charge in [0, 0.05) is 24.2 Å². The van der Waals surface area contributed by atoms with Gasteiger partial charge in [0.05, 0.1) is 30.6 Å². The van der Waals surface area contributed by atoms with Crippen molar-refractivity contribution in [2.75, 3.05) is 7.11 Å². The van der Waals surface area contributed by atoms with E-state index in [2.05, 4.69) is 27.8 Å². The first kappa shape index (κ1) is 16.1. The van der Waals surface area contributed by atoms with Gasteiger partial charge < -0.3 is 9.30 Å². The molecule has 5 heteroatoms. The quantitative estimate of drug-likeness (QED) is 0.540. The fourth-order valence-electron chi connectivity index (χ4n) is 3.10. The van der Waals surface area contributed by atoms with Crippen molar-refractivity contribution in [2.45, 2.75) is 13.0 Å². The van der Waals surface area contributed by atoms with Crippen LogP contribution in [0.15, 0.2) is 79.4 Å². The van der Waals surface area contributed by atoms with Crippen LogP contribution < -0.4 is 4.74 Å². The fourth-order valence-corrected chi connectivity index (χ4v) is 3.10. The third kappa shape index (κ3) is 2.88.